The number of rotatable bonds is 6. The first-order valence-electron chi connectivity index (χ1n) is 9.21. The van der Waals surface area contributed by atoms with E-state index < -0.39 is 5.92 Å². The molecule has 1 fully saturated rings. The quantitative estimate of drug-likeness (QED) is 0.342. The lowest BCUT2D eigenvalue weighted by atomic mass is 10.2. The fourth-order valence-electron chi connectivity index (χ4n) is 2.74. The van der Waals surface area contributed by atoms with E-state index in [9.17, 15) is 13.6 Å². The number of carbonyl (C=O) groups excluding carboxylic acids is 1. The lowest BCUT2D eigenvalue weighted by molar-refractivity contribution is -0.127. The van der Waals surface area contributed by atoms with Crippen LogP contribution >= 0.6 is 0 Å². The maximum Gasteiger partial charge on any atom is 0.286 e. The number of aliphatic imine (C=N–C) groups is 1. The first-order valence-corrected chi connectivity index (χ1v) is 9.21. The zero-order valence-electron chi connectivity index (χ0n) is 16.5. The number of nitrogens with one attached hydrogen (secondary N) is 1. The Hall–Kier alpha value is -3.28. The molecule has 1 aromatic rings. The summed E-state index contributed by atoms with van der Waals surface area (Å²) in [5, 5.41) is 11.7. The number of hydrogen-bond acceptors (Lipinski definition) is 5. The average molecular weight is 402 g/mol. The van der Waals surface area contributed by atoms with Gasteiger partial charge in [-0.2, -0.15) is 14.0 Å². The highest BCUT2D eigenvalue weighted by molar-refractivity contribution is 5.89. The van der Waals surface area contributed by atoms with Crippen molar-refractivity contribution < 1.29 is 13.6 Å². The molecular formula is C20H24F2N6O. The van der Waals surface area contributed by atoms with Gasteiger partial charge in [-0.15, -0.1) is 0 Å². The summed E-state index contributed by atoms with van der Waals surface area (Å²) in [6.07, 6.45) is 7.31. The highest BCUT2D eigenvalue weighted by atomic mass is 19.3. The molecule has 0 saturated carbocycles. The van der Waals surface area contributed by atoms with Crippen LogP contribution in [-0.2, 0) is 10.7 Å². The molecular weight excluding hydrogens is 378 g/mol. The molecule has 2 heterocycles. The molecule has 0 spiro atoms. The number of carbonyl (C=O) groups is 1. The standard InChI is InChI=1S/C20H24F2N6O/c1-3-9-24-18(15-25-16-6-7-17(26-14-16)20(2,21)22)27-10-12-28(13-11-27)19(29)5-4-8-23/h3-7,9,14,25H,10-13,15H2,1-2H3/b5-4+,9-3-,24-18+. The van der Waals surface area contributed by atoms with Gasteiger partial charge in [0.15, 0.2) is 0 Å². The zero-order valence-corrected chi connectivity index (χ0v) is 16.5. The van der Waals surface area contributed by atoms with Crippen LogP contribution in [0, 0.1) is 11.3 Å². The number of nitriles is 1. The molecule has 0 bridgehead atoms. The fourth-order valence-corrected chi connectivity index (χ4v) is 2.74. The lowest BCUT2D eigenvalue weighted by Crippen LogP contribution is -2.51. The predicted octanol–water partition coefficient (Wildman–Crippen LogP) is 2.76. The van der Waals surface area contributed by atoms with E-state index in [1.807, 2.05) is 19.1 Å². The number of allylic oxidation sites excluding steroid dienone is 2. The summed E-state index contributed by atoms with van der Waals surface area (Å²) in [5.74, 6) is -2.39. The Balaban J connectivity index is 1.98. The molecule has 1 aromatic heterocycles. The van der Waals surface area contributed by atoms with Gasteiger partial charge in [-0.05, 0) is 19.1 Å². The van der Waals surface area contributed by atoms with Gasteiger partial charge >= 0.3 is 0 Å². The van der Waals surface area contributed by atoms with Crippen molar-refractivity contribution in [1.29, 1.82) is 5.26 Å². The number of nitrogens with zero attached hydrogens (tertiary/aromatic N) is 5. The summed E-state index contributed by atoms with van der Waals surface area (Å²) in [6, 6.07) is 4.67. The van der Waals surface area contributed by atoms with Gasteiger partial charge in [0.1, 0.15) is 11.5 Å². The average Bonchev–Trinajstić information content (AvgIpc) is 2.72. The van der Waals surface area contributed by atoms with Crippen LogP contribution < -0.4 is 5.32 Å². The zero-order chi connectivity index (χ0) is 21.3. The van der Waals surface area contributed by atoms with Gasteiger partial charge in [0, 0.05) is 51.5 Å². The van der Waals surface area contributed by atoms with Gasteiger partial charge in [-0.3, -0.25) is 9.78 Å². The highest BCUT2D eigenvalue weighted by Gasteiger charge is 2.26. The van der Waals surface area contributed by atoms with E-state index in [0.717, 1.165) is 12.8 Å². The van der Waals surface area contributed by atoms with Gasteiger partial charge in [-0.25, -0.2) is 4.99 Å². The number of pyridine rings is 1. The Morgan fingerprint density at radius 1 is 1.34 bits per heavy atom. The van der Waals surface area contributed by atoms with Crippen LogP contribution in [0.1, 0.15) is 19.5 Å². The van der Waals surface area contributed by atoms with E-state index in [0.29, 0.717) is 38.4 Å². The Morgan fingerprint density at radius 3 is 2.59 bits per heavy atom. The Morgan fingerprint density at radius 2 is 2.03 bits per heavy atom. The van der Waals surface area contributed by atoms with Crippen molar-refractivity contribution in [3.63, 3.8) is 0 Å². The van der Waals surface area contributed by atoms with Crippen LogP contribution in [0.2, 0.25) is 0 Å². The van der Waals surface area contributed by atoms with E-state index in [2.05, 4.69) is 20.2 Å². The predicted molar refractivity (Wildman–Crippen MR) is 107 cm³/mol. The van der Waals surface area contributed by atoms with Gasteiger partial charge in [0.2, 0.25) is 5.91 Å². The molecule has 1 aliphatic heterocycles. The van der Waals surface area contributed by atoms with E-state index in [4.69, 9.17) is 5.26 Å². The van der Waals surface area contributed by atoms with E-state index in [1.165, 1.54) is 24.4 Å². The minimum absolute atomic E-state index is 0.185. The third-order valence-corrected chi connectivity index (χ3v) is 4.29. The molecule has 1 aliphatic rings. The number of amides is 1. The second-order valence-corrected chi connectivity index (χ2v) is 6.48. The van der Waals surface area contributed by atoms with Crippen molar-refractivity contribution in [3.05, 3.63) is 48.5 Å². The number of hydrogen-bond donors (Lipinski definition) is 1. The third-order valence-electron chi connectivity index (χ3n) is 4.29. The number of piperazine rings is 1. The van der Waals surface area contributed by atoms with Crippen molar-refractivity contribution in [2.24, 2.45) is 4.99 Å². The minimum Gasteiger partial charge on any atom is -0.377 e. The van der Waals surface area contributed by atoms with Crippen LogP contribution in [0.4, 0.5) is 14.5 Å². The highest BCUT2D eigenvalue weighted by Crippen LogP contribution is 2.25. The normalized spacial score (nSPS) is 15.8. The molecule has 2 rings (SSSR count). The SMILES string of the molecule is C/C=C\N=C(/CNc1ccc(C(C)(F)F)nc1)N1CCN(C(=O)/C=C/C#N)CC1. The maximum absolute atomic E-state index is 13.3. The Kier molecular flexibility index (Phi) is 7.83. The molecule has 0 atom stereocenters. The summed E-state index contributed by atoms with van der Waals surface area (Å²) in [4.78, 5) is 24.0. The van der Waals surface area contributed by atoms with Crippen LogP contribution in [-0.4, -0.2) is 59.3 Å². The van der Waals surface area contributed by atoms with Crippen molar-refractivity contribution in [1.82, 2.24) is 14.8 Å². The Labute approximate surface area is 169 Å². The number of halogens is 2. The summed E-state index contributed by atoms with van der Waals surface area (Å²) in [6.45, 7) is 5.30. The summed E-state index contributed by atoms with van der Waals surface area (Å²) < 4.78 is 26.6. The van der Waals surface area contributed by atoms with Crippen molar-refractivity contribution in [3.8, 4) is 6.07 Å². The van der Waals surface area contributed by atoms with Crippen LogP contribution in [0.15, 0.2) is 47.7 Å². The molecule has 0 aliphatic carbocycles. The second kappa shape index (κ2) is 10.3. The number of alkyl halides is 2. The molecule has 7 nitrogen and oxygen atoms in total. The van der Waals surface area contributed by atoms with Crippen LogP contribution in [0.3, 0.4) is 0 Å². The fraction of sp³-hybridized carbons (Fsp3) is 0.400. The second-order valence-electron chi connectivity index (χ2n) is 6.48. The summed E-state index contributed by atoms with van der Waals surface area (Å²) >= 11 is 0. The van der Waals surface area contributed by atoms with Gasteiger partial charge in [-0.1, -0.05) is 6.08 Å². The van der Waals surface area contributed by atoms with Crippen LogP contribution in [0.25, 0.3) is 0 Å². The third kappa shape index (κ3) is 6.68. The first kappa shape index (κ1) is 22.0. The molecule has 1 saturated heterocycles. The molecule has 9 heteroatoms. The summed E-state index contributed by atoms with van der Waals surface area (Å²) in [7, 11) is 0. The molecule has 0 radical (unpaired) electrons. The maximum atomic E-state index is 13.3. The van der Waals surface area contributed by atoms with Crippen molar-refractivity contribution >= 4 is 17.4 Å². The molecule has 154 valence electrons. The lowest BCUT2D eigenvalue weighted by Gasteiger charge is -2.36. The molecule has 0 unspecified atom stereocenters. The number of aromatic nitrogens is 1. The van der Waals surface area contributed by atoms with Crippen molar-refractivity contribution in [2.75, 3.05) is 38.0 Å². The monoisotopic (exact) mass is 402 g/mol. The molecule has 29 heavy (non-hydrogen) atoms. The van der Waals surface area contributed by atoms with E-state index in [-0.39, 0.29) is 11.6 Å². The van der Waals surface area contributed by atoms with Crippen molar-refractivity contribution in [2.45, 2.75) is 19.8 Å². The molecule has 0 aromatic carbocycles. The first-order chi connectivity index (χ1) is 13.8. The number of amidine groups is 1. The molecule has 1 amide bonds. The van der Waals surface area contributed by atoms with E-state index >= 15 is 0 Å². The van der Waals surface area contributed by atoms with Gasteiger partial charge in [0.25, 0.3) is 5.92 Å². The molecule has 1 N–H and O–H groups in total. The number of anilines is 1. The summed E-state index contributed by atoms with van der Waals surface area (Å²) in [5.41, 5.74) is 0.332. The smallest absolute Gasteiger partial charge is 0.286 e. The van der Waals surface area contributed by atoms with Crippen LogP contribution in [0.5, 0.6) is 0 Å². The van der Waals surface area contributed by atoms with Gasteiger partial charge < -0.3 is 15.1 Å². The largest absolute Gasteiger partial charge is 0.377 e. The topological polar surface area (TPSA) is 84.6 Å². The minimum atomic E-state index is -2.98. The van der Waals surface area contributed by atoms with E-state index in [1.54, 1.807) is 17.2 Å². The Bertz CT molecular complexity index is 813. The van der Waals surface area contributed by atoms with Gasteiger partial charge in [0.05, 0.1) is 24.5 Å².